The van der Waals surface area contributed by atoms with Crippen LogP contribution < -0.4 is 10.5 Å². The first-order valence-electron chi connectivity index (χ1n) is 5.08. The molecular formula is C11H19N3O. The average Bonchev–Trinajstić information content (AvgIpc) is 2.18. The van der Waals surface area contributed by atoms with E-state index in [0.717, 1.165) is 12.1 Å². The summed E-state index contributed by atoms with van der Waals surface area (Å²) in [6.07, 6.45) is 1.76. The highest BCUT2D eigenvalue weighted by Crippen LogP contribution is 2.12. The topological polar surface area (TPSA) is 51.4 Å². The van der Waals surface area contributed by atoms with E-state index >= 15 is 0 Å². The predicted octanol–water partition coefficient (Wildman–Crippen LogP) is 1.04. The Bertz CT molecular complexity index is 282. The molecule has 2 N–H and O–H groups in total. The molecule has 0 spiro atoms. The Morgan fingerprint density at radius 1 is 1.47 bits per heavy atom. The molecule has 0 aromatic carbocycles. The fourth-order valence-corrected chi connectivity index (χ4v) is 1.08. The van der Waals surface area contributed by atoms with Gasteiger partial charge in [-0.3, -0.25) is 0 Å². The summed E-state index contributed by atoms with van der Waals surface area (Å²) in [5, 5.41) is 0. The van der Waals surface area contributed by atoms with Gasteiger partial charge in [0.15, 0.2) is 0 Å². The number of hydrogen-bond acceptors (Lipinski definition) is 4. The third kappa shape index (κ3) is 4.27. The van der Waals surface area contributed by atoms with Gasteiger partial charge >= 0.3 is 0 Å². The number of aromatic nitrogens is 1. The summed E-state index contributed by atoms with van der Waals surface area (Å²) in [5.41, 5.74) is 6.74. The molecule has 4 heteroatoms. The molecule has 0 bridgehead atoms. The molecule has 0 saturated heterocycles. The molecule has 0 aliphatic carbocycles. The Balaban J connectivity index is 2.43. The molecule has 0 saturated carbocycles. The second-order valence-corrected chi connectivity index (χ2v) is 3.87. The zero-order valence-corrected chi connectivity index (χ0v) is 9.60. The minimum Gasteiger partial charge on any atom is -0.476 e. The molecule has 1 atom stereocenters. The number of ether oxygens (including phenoxy) is 1. The fraction of sp³-hybridized carbons (Fsp3) is 0.545. The van der Waals surface area contributed by atoms with Gasteiger partial charge in [-0.2, -0.15) is 0 Å². The number of rotatable bonds is 5. The summed E-state index contributed by atoms with van der Waals surface area (Å²) in [6.45, 7) is 3.47. The summed E-state index contributed by atoms with van der Waals surface area (Å²) < 4.78 is 5.46. The van der Waals surface area contributed by atoms with Gasteiger partial charge in [0, 0.05) is 24.8 Å². The molecule has 15 heavy (non-hydrogen) atoms. The van der Waals surface area contributed by atoms with Crippen LogP contribution >= 0.6 is 0 Å². The first-order valence-corrected chi connectivity index (χ1v) is 5.08. The Morgan fingerprint density at radius 3 is 2.67 bits per heavy atom. The van der Waals surface area contributed by atoms with Crippen molar-refractivity contribution in [3.05, 3.63) is 23.9 Å². The summed E-state index contributed by atoms with van der Waals surface area (Å²) >= 11 is 0. The zero-order chi connectivity index (χ0) is 11.3. The number of likely N-dealkylation sites (N-methyl/N-ethyl adjacent to an activating group) is 1. The summed E-state index contributed by atoms with van der Waals surface area (Å²) in [6, 6.07) is 3.82. The van der Waals surface area contributed by atoms with Crippen molar-refractivity contribution in [3.63, 3.8) is 0 Å². The highest BCUT2D eigenvalue weighted by Gasteiger charge is 2.00. The lowest BCUT2D eigenvalue weighted by molar-refractivity contribution is 0.254. The second-order valence-electron chi connectivity index (χ2n) is 3.87. The normalized spacial score (nSPS) is 12.9. The van der Waals surface area contributed by atoms with Gasteiger partial charge < -0.3 is 15.4 Å². The number of nitrogens with two attached hydrogens (primary N) is 1. The van der Waals surface area contributed by atoms with Crippen LogP contribution in [-0.2, 0) is 0 Å². The van der Waals surface area contributed by atoms with E-state index in [-0.39, 0.29) is 6.04 Å². The van der Waals surface area contributed by atoms with E-state index in [1.807, 2.05) is 33.2 Å². The zero-order valence-electron chi connectivity index (χ0n) is 9.60. The monoisotopic (exact) mass is 209 g/mol. The Morgan fingerprint density at radius 2 is 2.20 bits per heavy atom. The van der Waals surface area contributed by atoms with Crippen molar-refractivity contribution in [1.82, 2.24) is 9.88 Å². The van der Waals surface area contributed by atoms with Crippen LogP contribution in [0.3, 0.4) is 0 Å². The van der Waals surface area contributed by atoms with Crippen molar-refractivity contribution in [1.29, 1.82) is 0 Å². The highest BCUT2D eigenvalue weighted by molar-refractivity contribution is 5.19. The molecule has 1 rings (SSSR count). The quantitative estimate of drug-likeness (QED) is 0.787. The summed E-state index contributed by atoms with van der Waals surface area (Å²) in [5.74, 6) is 0.654. The molecule has 1 aromatic rings. The third-order valence-electron chi connectivity index (χ3n) is 2.07. The van der Waals surface area contributed by atoms with Crippen LogP contribution in [0.25, 0.3) is 0 Å². The molecule has 0 aliphatic rings. The van der Waals surface area contributed by atoms with Gasteiger partial charge in [-0.05, 0) is 26.6 Å². The molecule has 0 aliphatic heterocycles. The number of nitrogens with zero attached hydrogens (tertiary/aromatic N) is 2. The Labute approximate surface area is 91.1 Å². The van der Waals surface area contributed by atoms with Crippen LogP contribution in [0.1, 0.15) is 18.5 Å². The molecule has 4 nitrogen and oxygen atoms in total. The molecule has 84 valence electrons. The van der Waals surface area contributed by atoms with E-state index in [9.17, 15) is 0 Å². The van der Waals surface area contributed by atoms with Gasteiger partial charge in [-0.25, -0.2) is 4.98 Å². The minimum absolute atomic E-state index is 0.0216. The Kier molecular flexibility index (Phi) is 4.52. The average molecular weight is 209 g/mol. The molecule has 0 fully saturated rings. The SMILES string of the molecule is C[C@@H](N)c1ccc(OCCN(C)C)nc1. The number of hydrogen-bond donors (Lipinski definition) is 1. The van der Waals surface area contributed by atoms with Crippen molar-refractivity contribution in [2.45, 2.75) is 13.0 Å². The lowest BCUT2D eigenvalue weighted by Crippen LogP contribution is -2.19. The van der Waals surface area contributed by atoms with Crippen LogP contribution in [0.15, 0.2) is 18.3 Å². The van der Waals surface area contributed by atoms with Crippen molar-refractivity contribution in [2.24, 2.45) is 5.73 Å². The van der Waals surface area contributed by atoms with Gasteiger partial charge in [-0.15, -0.1) is 0 Å². The molecule has 0 radical (unpaired) electrons. The summed E-state index contributed by atoms with van der Waals surface area (Å²) in [7, 11) is 4.02. The molecule has 1 heterocycles. The van der Waals surface area contributed by atoms with Crippen LogP contribution in [0.2, 0.25) is 0 Å². The van der Waals surface area contributed by atoms with Crippen molar-refractivity contribution in [3.8, 4) is 5.88 Å². The maximum Gasteiger partial charge on any atom is 0.213 e. The van der Waals surface area contributed by atoms with Crippen LogP contribution in [0.4, 0.5) is 0 Å². The second kappa shape index (κ2) is 5.68. The standard InChI is InChI=1S/C11H19N3O/c1-9(12)10-4-5-11(13-8-10)15-7-6-14(2)3/h4-5,8-9H,6-7,12H2,1-3H3/t9-/m1/s1. The third-order valence-corrected chi connectivity index (χ3v) is 2.07. The lowest BCUT2D eigenvalue weighted by Gasteiger charge is -2.11. The van der Waals surface area contributed by atoms with Gasteiger partial charge in [0.2, 0.25) is 5.88 Å². The molecular weight excluding hydrogens is 190 g/mol. The molecule has 0 amide bonds. The van der Waals surface area contributed by atoms with E-state index in [0.29, 0.717) is 12.5 Å². The van der Waals surface area contributed by atoms with Gasteiger partial charge in [0.25, 0.3) is 0 Å². The first-order chi connectivity index (χ1) is 7.09. The summed E-state index contributed by atoms with van der Waals surface area (Å²) in [4.78, 5) is 6.24. The van der Waals surface area contributed by atoms with Gasteiger partial charge in [-0.1, -0.05) is 6.07 Å². The van der Waals surface area contributed by atoms with Crippen LogP contribution in [0.5, 0.6) is 5.88 Å². The number of pyridine rings is 1. The van der Waals surface area contributed by atoms with Crippen molar-refractivity contribution >= 4 is 0 Å². The van der Waals surface area contributed by atoms with E-state index in [1.165, 1.54) is 0 Å². The maximum atomic E-state index is 5.72. The largest absolute Gasteiger partial charge is 0.476 e. The predicted molar refractivity (Wildman–Crippen MR) is 60.9 cm³/mol. The Hall–Kier alpha value is -1.13. The van der Waals surface area contributed by atoms with Crippen molar-refractivity contribution in [2.75, 3.05) is 27.2 Å². The van der Waals surface area contributed by atoms with E-state index < -0.39 is 0 Å². The van der Waals surface area contributed by atoms with Gasteiger partial charge in [0.05, 0.1) is 0 Å². The maximum absolute atomic E-state index is 5.72. The lowest BCUT2D eigenvalue weighted by atomic mass is 10.2. The van der Waals surface area contributed by atoms with Crippen LogP contribution in [0, 0.1) is 0 Å². The van der Waals surface area contributed by atoms with Gasteiger partial charge in [0.1, 0.15) is 6.61 Å². The van der Waals surface area contributed by atoms with Crippen molar-refractivity contribution < 1.29 is 4.74 Å². The minimum atomic E-state index is 0.0216. The first kappa shape index (κ1) is 11.9. The van der Waals surface area contributed by atoms with Crippen LogP contribution in [-0.4, -0.2) is 37.1 Å². The van der Waals surface area contributed by atoms with E-state index in [1.54, 1.807) is 6.20 Å². The smallest absolute Gasteiger partial charge is 0.213 e. The highest BCUT2D eigenvalue weighted by atomic mass is 16.5. The van der Waals surface area contributed by atoms with E-state index in [4.69, 9.17) is 10.5 Å². The molecule has 1 aromatic heterocycles. The van der Waals surface area contributed by atoms with E-state index in [2.05, 4.69) is 9.88 Å². The molecule has 0 unspecified atom stereocenters. The fourth-order valence-electron chi connectivity index (χ4n) is 1.08.